The van der Waals surface area contributed by atoms with Gasteiger partial charge in [0.1, 0.15) is 0 Å². The van der Waals surface area contributed by atoms with Crippen molar-refractivity contribution in [1.82, 2.24) is 4.90 Å². The third-order valence-corrected chi connectivity index (χ3v) is 2.84. The normalized spacial score (nSPS) is 20.4. The van der Waals surface area contributed by atoms with Crippen molar-refractivity contribution in [1.29, 1.82) is 0 Å². The number of aliphatic imine (C=N–C) groups is 1. The summed E-state index contributed by atoms with van der Waals surface area (Å²) in [4.78, 5) is 6.52. The SMILES string of the molecule is C=C(C)COCCN=C(N)N1CCCC(C)C1.I. The van der Waals surface area contributed by atoms with Crippen molar-refractivity contribution in [3.8, 4) is 0 Å². The number of hydrogen-bond donors (Lipinski definition) is 1. The molecule has 5 heteroatoms. The molecule has 1 unspecified atom stereocenters. The molecule has 0 aromatic rings. The van der Waals surface area contributed by atoms with Gasteiger partial charge in [0.25, 0.3) is 0 Å². The van der Waals surface area contributed by atoms with Gasteiger partial charge in [0.2, 0.25) is 0 Å². The smallest absolute Gasteiger partial charge is 0.191 e. The fourth-order valence-corrected chi connectivity index (χ4v) is 1.97. The van der Waals surface area contributed by atoms with E-state index in [9.17, 15) is 0 Å². The largest absolute Gasteiger partial charge is 0.375 e. The highest BCUT2D eigenvalue weighted by atomic mass is 127. The van der Waals surface area contributed by atoms with Gasteiger partial charge in [-0.3, -0.25) is 4.99 Å². The van der Waals surface area contributed by atoms with Crippen LogP contribution in [-0.2, 0) is 4.74 Å². The molecule has 1 aliphatic rings. The molecule has 0 radical (unpaired) electrons. The third kappa shape index (κ3) is 7.20. The zero-order valence-corrected chi connectivity index (χ0v) is 13.9. The molecule has 1 saturated heterocycles. The van der Waals surface area contributed by atoms with E-state index in [1.54, 1.807) is 0 Å². The van der Waals surface area contributed by atoms with Gasteiger partial charge >= 0.3 is 0 Å². The van der Waals surface area contributed by atoms with Crippen molar-refractivity contribution in [3.05, 3.63) is 12.2 Å². The number of likely N-dealkylation sites (tertiary alicyclic amines) is 1. The minimum atomic E-state index is 0. The number of hydrogen-bond acceptors (Lipinski definition) is 2. The molecule has 1 aliphatic heterocycles. The molecule has 0 bridgehead atoms. The third-order valence-electron chi connectivity index (χ3n) is 2.84. The number of nitrogens with zero attached hydrogens (tertiary/aromatic N) is 2. The zero-order chi connectivity index (χ0) is 12.7. The Labute approximate surface area is 128 Å². The molecule has 0 spiro atoms. The number of rotatable bonds is 5. The number of piperidine rings is 1. The number of halogens is 1. The molecule has 1 heterocycles. The molecule has 106 valence electrons. The first-order valence-electron chi connectivity index (χ1n) is 6.36. The maximum atomic E-state index is 5.96. The standard InChI is InChI=1S/C13H25N3O.HI/c1-11(2)10-17-8-6-15-13(14)16-7-4-5-12(3)9-16;/h12H,1,4-10H2,2-3H3,(H2,14,15);1H. The first-order chi connectivity index (χ1) is 8.09. The predicted octanol–water partition coefficient (Wildman–Crippen LogP) is 2.24. The van der Waals surface area contributed by atoms with E-state index in [1.165, 1.54) is 12.8 Å². The molecular formula is C13H26IN3O. The molecule has 1 atom stereocenters. The summed E-state index contributed by atoms with van der Waals surface area (Å²) in [5.74, 6) is 1.38. The Kier molecular flexibility index (Phi) is 9.45. The minimum absolute atomic E-state index is 0. The highest BCUT2D eigenvalue weighted by molar-refractivity contribution is 14.0. The maximum absolute atomic E-state index is 5.96. The van der Waals surface area contributed by atoms with Crippen LogP contribution in [0.1, 0.15) is 26.7 Å². The average Bonchev–Trinajstić information content (AvgIpc) is 2.28. The maximum Gasteiger partial charge on any atom is 0.191 e. The van der Waals surface area contributed by atoms with Gasteiger partial charge in [0.15, 0.2) is 5.96 Å². The van der Waals surface area contributed by atoms with Gasteiger partial charge in [0, 0.05) is 13.1 Å². The van der Waals surface area contributed by atoms with E-state index in [-0.39, 0.29) is 24.0 Å². The summed E-state index contributed by atoms with van der Waals surface area (Å²) in [5, 5.41) is 0. The highest BCUT2D eigenvalue weighted by Gasteiger charge is 2.17. The summed E-state index contributed by atoms with van der Waals surface area (Å²) in [5.41, 5.74) is 6.99. The number of guanidine groups is 1. The molecule has 0 aliphatic carbocycles. The van der Waals surface area contributed by atoms with Crippen molar-refractivity contribution >= 4 is 29.9 Å². The van der Waals surface area contributed by atoms with Gasteiger partial charge < -0.3 is 15.4 Å². The zero-order valence-electron chi connectivity index (χ0n) is 11.5. The van der Waals surface area contributed by atoms with Crippen molar-refractivity contribution < 1.29 is 4.74 Å². The van der Waals surface area contributed by atoms with Crippen LogP contribution in [0, 0.1) is 5.92 Å². The summed E-state index contributed by atoms with van der Waals surface area (Å²) < 4.78 is 5.37. The van der Waals surface area contributed by atoms with E-state index in [4.69, 9.17) is 10.5 Å². The summed E-state index contributed by atoms with van der Waals surface area (Å²) in [7, 11) is 0. The molecule has 1 rings (SSSR count). The van der Waals surface area contributed by atoms with Crippen LogP contribution in [0.5, 0.6) is 0 Å². The van der Waals surface area contributed by atoms with Crippen LogP contribution < -0.4 is 5.73 Å². The first kappa shape index (κ1) is 17.7. The second-order valence-electron chi connectivity index (χ2n) is 4.94. The van der Waals surface area contributed by atoms with E-state index in [1.807, 2.05) is 6.92 Å². The first-order valence-corrected chi connectivity index (χ1v) is 6.36. The second kappa shape index (κ2) is 9.61. The Hall–Kier alpha value is -0.300. The van der Waals surface area contributed by atoms with Crippen molar-refractivity contribution in [2.45, 2.75) is 26.7 Å². The van der Waals surface area contributed by atoms with E-state index in [0.29, 0.717) is 25.7 Å². The summed E-state index contributed by atoms with van der Waals surface area (Å²) >= 11 is 0. The second-order valence-corrected chi connectivity index (χ2v) is 4.94. The fourth-order valence-electron chi connectivity index (χ4n) is 1.97. The molecule has 2 N–H and O–H groups in total. The van der Waals surface area contributed by atoms with E-state index < -0.39 is 0 Å². The number of nitrogens with two attached hydrogens (primary N) is 1. The van der Waals surface area contributed by atoms with Gasteiger partial charge in [-0.25, -0.2) is 0 Å². The molecule has 0 aromatic heterocycles. The lowest BCUT2D eigenvalue weighted by atomic mass is 10.0. The van der Waals surface area contributed by atoms with E-state index in [2.05, 4.69) is 23.4 Å². The summed E-state index contributed by atoms with van der Waals surface area (Å²) in [6.07, 6.45) is 2.51. The Balaban J connectivity index is 0.00000289. The van der Waals surface area contributed by atoms with Crippen molar-refractivity contribution in [3.63, 3.8) is 0 Å². The Morgan fingerprint density at radius 1 is 1.56 bits per heavy atom. The van der Waals surface area contributed by atoms with Crippen LogP contribution in [-0.4, -0.2) is 43.7 Å². The Morgan fingerprint density at radius 2 is 2.28 bits per heavy atom. The van der Waals surface area contributed by atoms with Crippen LogP contribution >= 0.6 is 24.0 Å². The minimum Gasteiger partial charge on any atom is -0.375 e. The lowest BCUT2D eigenvalue weighted by molar-refractivity contribution is 0.164. The van der Waals surface area contributed by atoms with Gasteiger partial charge in [-0.05, 0) is 25.7 Å². The Bertz CT molecular complexity index is 281. The van der Waals surface area contributed by atoms with Crippen LogP contribution in [0.15, 0.2) is 17.1 Å². The molecule has 18 heavy (non-hydrogen) atoms. The highest BCUT2D eigenvalue weighted by Crippen LogP contribution is 2.14. The lowest BCUT2D eigenvalue weighted by Gasteiger charge is -2.31. The summed E-state index contributed by atoms with van der Waals surface area (Å²) in [6.45, 7) is 11.9. The number of ether oxygens (including phenoxy) is 1. The van der Waals surface area contributed by atoms with Crippen LogP contribution in [0.3, 0.4) is 0 Å². The van der Waals surface area contributed by atoms with Crippen molar-refractivity contribution in [2.24, 2.45) is 16.6 Å². The predicted molar refractivity (Wildman–Crippen MR) is 87.5 cm³/mol. The quantitative estimate of drug-likeness (QED) is 0.267. The van der Waals surface area contributed by atoms with Crippen LogP contribution in [0.2, 0.25) is 0 Å². The Morgan fingerprint density at radius 3 is 2.89 bits per heavy atom. The van der Waals surface area contributed by atoms with Crippen LogP contribution in [0.25, 0.3) is 0 Å². The topological polar surface area (TPSA) is 50.9 Å². The van der Waals surface area contributed by atoms with Gasteiger partial charge in [-0.15, -0.1) is 24.0 Å². The molecular weight excluding hydrogens is 341 g/mol. The average molecular weight is 367 g/mol. The molecule has 1 fully saturated rings. The van der Waals surface area contributed by atoms with Crippen molar-refractivity contribution in [2.75, 3.05) is 32.8 Å². The molecule has 0 amide bonds. The molecule has 0 aromatic carbocycles. The fraction of sp³-hybridized carbons (Fsp3) is 0.769. The van der Waals surface area contributed by atoms with Gasteiger partial charge in [-0.2, -0.15) is 0 Å². The van der Waals surface area contributed by atoms with Crippen LogP contribution in [0.4, 0.5) is 0 Å². The monoisotopic (exact) mass is 367 g/mol. The summed E-state index contributed by atoms with van der Waals surface area (Å²) in [6, 6.07) is 0. The molecule has 0 saturated carbocycles. The van der Waals surface area contributed by atoms with Gasteiger partial charge in [-0.1, -0.05) is 19.1 Å². The molecule has 4 nitrogen and oxygen atoms in total. The van der Waals surface area contributed by atoms with Gasteiger partial charge in [0.05, 0.1) is 19.8 Å². The lowest BCUT2D eigenvalue weighted by Crippen LogP contribution is -2.43. The van der Waals surface area contributed by atoms with E-state index in [0.717, 1.165) is 24.6 Å². The van der Waals surface area contributed by atoms with E-state index >= 15 is 0 Å².